The number of hydrogen-bond donors (Lipinski definition) is 2. The first kappa shape index (κ1) is 29.8. The van der Waals surface area contributed by atoms with Crippen LogP contribution in [0.5, 0.6) is 0 Å². The molecule has 0 bridgehead atoms. The zero-order valence-electron chi connectivity index (χ0n) is 16.3. The third-order valence-electron chi connectivity index (χ3n) is 2.73. The van der Waals surface area contributed by atoms with E-state index in [9.17, 15) is 9.67 Å². The van der Waals surface area contributed by atoms with Crippen LogP contribution in [0, 0.1) is 0 Å². The summed E-state index contributed by atoms with van der Waals surface area (Å²) in [5, 5.41) is 10.1. The van der Waals surface area contributed by atoms with Gasteiger partial charge in [0, 0.05) is 0 Å². The minimum atomic E-state index is -4.47. The Balaban J connectivity index is -0.000000639. The molecule has 0 aliphatic heterocycles. The van der Waals surface area contributed by atoms with E-state index in [4.69, 9.17) is 9.79 Å². The normalized spacial score (nSPS) is 11.5. The van der Waals surface area contributed by atoms with E-state index in [1.165, 1.54) is 44.9 Å². The molecule has 0 aliphatic carbocycles. The zero-order chi connectivity index (χ0) is 18.2. The summed E-state index contributed by atoms with van der Waals surface area (Å²) in [6.45, 7) is 7.35. The second-order valence-electron chi connectivity index (χ2n) is 6.68. The molecule has 24 heavy (non-hydrogen) atoms. The fourth-order valence-corrected chi connectivity index (χ4v) is 1.97. The first-order valence-electron chi connectivity index (χ1n) is 8.63. The van der Waals surface area contributed by atoms with E-state index in [2.05, 4.69) is 16.5 Å². The molecule has 0 saturated heterocycles. The average molecular weight is 378 g/mol. The van der Waals surface area contributed by atoms with Crippen LogP contribution in [0.2, 0.25) is 0 Å². The molecule has 142 valence electrons. The Labute approximate surface area is 170 Å². The maximum absolute atomic E-state index is 10.3. The maximum atomic E-state index is 10.3. The molecule has 0 spiro atoms. The quantitative estimate of drug-likeness (QED) is 0.164. The maximum Gasteiger partial charge on any atom is 1.00 e. The summed E-state index contributed by atoms with van der Waals surface area (Å²) >= 11 is 0. The summed E-state index contributed by atoms with van der Waals surface area (Å²) < 4.78 is 14.1. The van der Waals surface area contributed by atoms with Gasteiger partial charge in [-0.15, -0.1) is 10.3 Å². The van der Waals surface area contributed by atoms with Crippen LogP contribution < -0.4 is 34.7 Å². The van der Waals surface area contributed by atoms with Crippen molar-refractivity contribution in [3.05, 3.63) is 0 Å². The summed E-state index contributed by atoms with van der Waals surface area (Å²) in [5.74, 6) is 0. The first-order valence-corrected chi connectivity index (χ1v) is 10.2. The predicted octanol–water partition coefficient (Wildman–Crippen LogP) is 1.10. The summed E-state index contributed by atoms with van der Waals surface area (Å²) in [6, 6.07) is 0. The van der Waals surface area contributed by atoms with Crippen molar-refractivity contribution in [1.29, 1.82) is 0 Å². The van der Waals surface area contributed by atoms with Gasteiger partial charge in [0.2, 0.25) is 0 Å². The molecule has 0 aromatic rings. The van der Waals surface area contributed by atoms with Gasteiger partial charge in [-0.25, -0.2) is 9.45 Å². The molecular formula is C16H36NaO6P. The summed E-state index contributed by atoms with van der Waals surface area (Å²) in [4.78, 5) is 21.1. The van der Waals surface area contributed by atoms with E-state index in [0.29, 0.717) is 0 Å². The molecule has 0 unspecified atom stereocenters. The standard InChI is InChI=1S/C12H27O5P.C4H9O.Na/c1-2-3-4-5-6-7-8-9-10-11-12-16-17-18(13,14)15;1-4(2,3)5;/h2-12H2,1H3,(H2,13,14,15);1-3H3;/q;-1;+1. The van der Waals surface area contributed by atoms with E-state index < -0.39 is 13.4 Å². The SMILES string of the molecule is CC(C)(C)[O-].CCCCCCCCCCCCOOP(=O)(O)O.[Na+]. The molecule has 0 radical (unpaired) electrons. The van der Waals surface area contributed by atoms with Gasteiger partial charge in [-0.2, -0.15) is 0 Å². The topological polar surface area (TPSA) is 99.0 Å². The van der Waals surface area contributed by atoms with Crippen LogP contribution in [0.25, 0.3) is 0 Å². The van der Waals surface area contributed by atoms with Crippen molar-refractivity contribution < 1.29 is 58.6 Å². The molecule has 0 rings (SSSR count). The Morgan fingerprint density at radius 1 is 0.875 bits per heavy atom. The molecule has 8 heteroatoms. The van der Waals surface area contributed by atoms with Crippen molar-refractivity contribution in [1.82, 2.24) is 0 Å². The minimum Gasteiger partial charge on any atom is -0.850 e. The van der Waals surface area contributed by atoms with Gasteiger partial charge >= 0.3 is 37.4 Å². The number of hydrogen-bond acceptors (Lipinski definition) is 4. The molecule has 0 aromatic carbocycles. The predicted molar refractivity (Wildman–Crippen MR) is 90.7 cm³/mol. The van der Waals surface area contributed by atoms with Gasteiger partial charge in [-0.1, -0.05) is 85.5 Å². The summed E-state index contributed by atoms with van der Waals surface area (Å²) in [6.07, 6.45) is 12.1. The van der Waals surface area contributed by atoms with Gasteiger partial charge in [0.15, 0.2) is 0 Å². The first-order chi connectivity index (χ1) is 10.6. The molecule has 6 nitrogen and oxygen atoms in total. The molecule has 0 aromatic heterocycles. The second kappa shape index (κ2) is 18.8. The number of unbranched alkanes of at least 4 members (excludes halogenated alkanes) is 9. The smallest absolute Gasteiger partial charge is 0.850 e. The fourth-order valence-electron chi connectivity index (χ4n) is 1.75. The van der Waals surface area contributed by atoms with Crippen LogP contribution in [0.1, 0.15) is 91.9 Å². The van der Waals surface area contributed by atoms with E-state index in [1.54, 1.807) is 20.8 Å². The fraction of sp³-hybridized carbons (Fsp3) is 1.00. The van der Waals surface area contributed by atoms with Crippen molar-refractivity contribution in [3.8, 4) is 0 Å². The Morgan fingerprint density at radius 2 is 1.21 bits per heavy atom. The summed E-state index contributed by atoms with van der Waals surface area (Å²) in [5.41, 5.74) is -0.750. The van der Waals surface area contributed by atoms with Crippen molar-refractivity contribution in [2.45, 2.75) is 97.5 Å². The van der Waals surface area contributed by atoms with Gasteiger partial charge in [0.05, 0.1) is 6.61 Å². The van der Waals surface area contributed by atoms with E-state index in [1.807, 2.05) is 0 Å². The van der Waals surface area contributed by atoms with E-state index in [-0.39, 0.29) is 36.2 Å². The van der Waals surface area contributed by atoms with Crippen LogP contribution in [0.4, 0.5) is 0 Å². The Bertz CT molecular complexity index is 285. The van der Waals surface area contributed by atoms with Gasteiger partial charge in [-0.05, 0) is 6.42 Å². The van der Waals surface area contributed by atoms with Crippen LogP contribution >= 0.6 is 7.82 Å². The molecule has 0 amide bonds. The van der Waals surface area contributed by atoms with Crippen LogP contribution in [0.15, 0.2) is 0 Å². The van der Waals surface area contributed by atoms with E-state index >= 15 is 0 Å². The van der Waals surface area contributed by atoms with Crippen LogP contribution in [-0.4, -0.2) is 22.0 Å². The largest absolute Gasteiger partial charge is 1.00 e. The molecule has 0 aliphatic rings. The molecular weight excluding hydrogens is 342 g/mol. The zero-order valence-corrected chi connectivity index (χ0v) is 19.1. The van der Waals surface area contributed by atoms with E-state index in [0.717, 1.165) is 19.3 Å². The van der Waals surface area contributed by atoms with Gasteiger partial charge in [0.1, 0.15) is 0 Å². The Kier molecular flexibility index (Phi) is 23.3. The third-order valence-corrected chi connectivity index (χ3v) is 3.03. The summed E-state index contributed by atoms with van der Waals surface area (Å²) in [7, 11) is -4.47. The number of phosphoric acid groups is 1. The molecule has 0 fully saturated rings. The third kappa shape index (κ3) is 43.5. The number of rotatable bonds is 13. The molecule has 0 saturated carbocycles. The average Bonchev–Trinajstić information content (AvgIpc) is 2.37. The van der Waals surface area contributed by atoms with Crippen LogP contribution in [-0.2, 0) is 14.1 Å². The Hall–Kier alpha value is 1.03. The van der Waals surface area contributed by atoms with Crippen molar-refractivity contribution >= 4 is 7.82 Å². The minimum absolute atomic E-state index is 0. The molecule has 2 N–H and O–H groups in total. The van der Waals surface area contributed by atoms with Crippen molar-refractivity contribution in [2.24, 2.45) is 0 Å². The van der Waals surface area contributed by atoms with Gasteiger partial charge < -0.3 is 14.9 Å². The van der Waals surface area contributed by atoms with Gasteiger partial charge in [-0.3, -0.25) is 0 Å². The second-order valence-corrected chi connectivity index (χ2v) is 7.81. The van der Waals surface area contributed by atoms with Gasteiger partial charge in [0.25, 0.3) is 0 Å². The monoisotopic (exact) mass is 378 g/mol. The molecule has 0 heterocycles. The van der Waals surface area contributed by atoms with Crippen LogP contribution in [0.3, 0.4) is 0 Å². The van der Waals surface area contributed by atoms with Crippen molar-refractivity contribution in [3.63, 3.8) is 0 Å². The molecule has 0 atom stereocenters. The van der Waals surface area contributed by atoms with Crippen molar-refractivity contribution in [2.75, 3.05) is 6.61 Å². The Morgan fingerprint density at radius 3 is 1.54 bits per heavy atom.